The fraction of sp³-hybridized carbons (Fsp3) is 0.750. The first-order valence-corrected chi connectivity index (χ1v) is 25.5. The first kappa shape index (κ1) is 46.2. The highest BCUT2D eigenvalue weighted by atomic mass is 16.5. The molecule has 8 aliphatic carbocycles. The van der Waals surface area contributed by atoms with Gasteiger partial charge in [0.2, 0.25) is 0 Å². The van der Waals surface area contributed by atoms with Crippen LogP contribution in [-0.4, -0.2) is 78.3 Å². The summed E-state index contributed by atoms with van der Waals surface area (Å²) in [4.78, 5) is 26.9. The number of rotatable bonds is 10. The van der Waals surface area contributed by atoms with Crippen molar-refractivity contribution in [1.29, 1.82) is 0 Å². The summed E-state index contributed by atoms with van der Waals surface area (Å²) < 4.78 is 11.6. The molecule has 3 N–H and O–H groups in total. The maximum Gasteiger partial charge on any atom is 0.305 e. The highest BCUT2D eigenvalue weighted by Crippen LogP contribution is 2.70. The Morgan fingerprint density at radius 1 is 0.969 bits per heavy atom. The van der Waals surface area contributed by atoms with Gasteiger partial charge < -0.3 is 29.7 Å². The van der Waals surface area contributed by atoms with Gasteiger partial charge in [0.1, 0.15) is 5.60 Å². The van der Waals surface area contributed by atoms with Gasteiger partial charge in [0.05, 0.1) is 32.0 Å². The number of allylic oxidation sites excluding steroid dienone is 4. The molecule has 350 valence electrons. The number of ketones is 1. The number of methoxy groups -OCH3 is 1. The van der Waals surface area contributed by atoms with Crippen LogP contribution in [0.5, 0.6) is 0 Å². The van der Waals surface area contributed by atoms with Gasteiger partial charge >= 0.3 is 5.97 Å². The van der Waals surface area contributed by atoms with Crippen LogP contribution >= 0.6 is 0 Å². The van der Waals surface area contributed by atoms with Crippen LogP contribution in [0.1, 0.15) is 149 Å². The number of likely N-dealkylation sites (N-methyl/N-ethyl adjacent to an activating group) is 1. The van der Waals surface area contributed by atoms with E-state index in [0.717, 1.165) is 95.7 Å². The fourth-order valence-corrected chi connectivity index (χ4v) is 17.1. The number of hydrogen-bond acceptors (Lipinski definition) is 8. The number of aliphatic hydroxyl groups excluding tert-OH is 2. The molecule has 0 aliphatic heterocycles. The lowest BCUT2D eigenvalue weighted by Crippen LogP contribution is -2.62. The van der Waals surface area contributed by atoms with E-state index in [0.29, 0.717) is 60.9 Å². The third-order valence-corrected chi connectivity index (χ3v) is 20.7. The second kappa shape index (κ2) is 17.3. The summed E-state index contributed by atoms with van der Waals surface area (Å²) in [5.74, 6) is 9.41. The number of esters is 1. The molecule has 8 heteroatoms. The molecule has 2 unspecified atom stereocenters. The average molecular weight is 878 g/mol. The number of carbonyl (C=O) groups excluding carboxylic acids is 2. The number of carbonyl (C=O) groups is 2. The molecule has 8 aliphatic rings. The molecule has 0 aromatic heterocycles. The third kappa shape index (κ3) is 7.30. The number of aliphatic hydroxyl groups is 3. The van der Waals surface area contributed by atoms with Crippen molar-refractivity contribution >= 4 is 17.4 Å². The minimum Gasteiger partial charge on any atom is -0.469 e. The van der Waals surface area contributed by atoms with E-state index in [4.69, 9.17) is 9.47 Å². The van der Waals surface area contributed by atoms with Crippen LogP contribution in [0.25, 0.3) is 0 Å². The number of anilines is 1. The second-order valence-electron chi connectivity index (χ2n) is 23.2. The maximum absolute atomic E-state index is 12.6. The van der Waals surface area contributed by atoms with Gasteiger partial charge in [-0.1, -0.05) is 58.2 Å². The Kier molecular flexibility index (Phi) is 12.5. The molecule has 9 rings (SSSR count). The molecule has 0 amide bonds. The van der Waals surface area contributed by atoms with Gasteiger partial charge in [0, 0.05) is 43.5 Å². The summed E-state index contributed by atoms with van der Waals surface area (Å²) >= 11 is 0. The molecule has 8 nitrogen and oxygen atoms in total. The zero-order valence-corrected chi connectivity index (χ0v) is 40.3. The van der Waals surface area contributed by atoms with E-state index < -0.39 is 11.7 Å². The Morgan fingerprint density at radius 3 is 2.47 bits per heavy atom. The van der Waals surface area contributed by atoms with E-state index in [9.17, 15) is 24.9 Å². The Bertz CT molecular complexity index is 2080. The van der Waals surface area contributed by atoms with Crippen LogP contribution < -0.4 is 4.90 Å². The lowest BCUT2D eigenvalue weighted by Gasteiger charge is -2.63. The van der Waals surface area contributed by atoms with Crippen LogP contribution in [0.2, 0.25) is 0 Å². The van der Waals surface area contributed by atoms with Crippen molar-refractivity contribution in [2.45, 2.75) is 168 Å². The van der Waals surface area contributed by atoms with Gasteiger partial charge in [-0.25, -0.2) is 0 Å². The number of ether oxygens (including phenoxy) is 2. The Morgan fingerprint density at radius 2 is 1.73 bits per heavy atom. The quantitative estimate of drug-likeness (QED) is 0.157. The monoisotopic (exact) mass is 878 g/mol. The zero-order chi connectivity index (χ0) is 45.5. The number of hydrogen-bond donors (Lipinski definition) is 3. The zero-order valence-electron chi connectivity index (χ0n) is 40.3. The largest absolute Gasteiger partial charge is 0.469 e. The molecule has 6 fully saturated rings. The molecule has 0 heterocycles. The predicted octanol–water partition coefficient (Wildman–Crippen LogP) is 9.60. The lowest BCUT2D eigenvalue weighted by atomic mass is 9.43. The van der Waals surface area contributed by atoms with E-state index in [-0.39, 0.29) is 58.0 Å². The predicted molar refractivity (Wildman–Crippen MR) is 251 cm³/mol. The molecule has 17 atom stereocenters. The Hall–Kier alpha value is -2.96. The highest BCUT2D eigenvalue weighted by Gasteiger charge is 2.67. The fourth-order valence-electron chi connectivity index (χ4n) is 17.1. The molecule has 1 aromatic rings. The second-order valence-corrected chi connectivity index (χ2v) is 23.2. The molecule has 0 saturated heterocycles. The molecular weight excluding hydrogens is 799 g/mol. The smallest absolute Gasteiger partial charge is 0.305 e. The first-order chi connectivity index (χ1) is 30.5. The minimum atomic E-state index is -1.02. The van der Waals surface area contributed by atoms with Crippen molar-refractivity contribution in [3.63, 3.8) is 0 Å². The standard InChI is InChI=1S/C56H79NO7/c1-9-23-56(62)34(3)27-46-42-17-13-36-28-39(58)16-18-41(36)51(42)43(32-54(46,56)5)35-11-14-38(15-12-35)57(7)25-26-64-40-22-24-53(4)37(29-40)30-48(59)52-45-20-19-44(33(2)10-21-50(61)63-8)55(45,6)49(60)31-47(52)53/h11-12,14-15,28,33-34,37,40,42-49,52,59-60,62H,10,13,16-22,24-27,29-32H2,1-8H3/t33-,34+,37+,40+,42?,43+,44-,45+,46?,47+,48-,49+,52+,53+,54+,55-,56-/m1/s1. The van der Waals surface area contributed by atoms with Crippen molar-refractivity contribution in [2.75, 3.05) is 32.2 Å². The molecule has 0 radical (unpaired) electrons. The van der Waals surface area contributed by atoms with Gasteiger partial charge in [0.15, 0.2) is 5.78 Å². The summed E-state index contributed by atoms with van der Waals surface area (Å²) in [6.07, 6.45) is 14.5. The highest BCUT2D eigenvalue weighted by molar-refractivity contribution is 5.93. The maximum atomic E-state index is 12.6. The van der Waals surface area contributed by atoms with E-state index in [1.807, 2.05) is 13.0 Å². The van der Waals surface area contributed by atoms with E-state index in [1.54, 1.807) is 0 Å². The summed E-state index contributed by atoms with van der Waals surface area (Å²) in [6.45, 7) is 14.8. The normalized spacial score (nSPS) is 43.9. The minimum absolute atomic E-state index is 0.0780. The number of nitrogens with zero attached hydrogens (tertiary/aromatic N) is 1. The molecule has 0 spiro atoms. The van der Waals surface area contributed by atoms with Gasteiger partial charge in [-0.3, -0.25) is 9.59 Å². The van der Waals surface area contributed by atoms with Crippen LogP contribution in [-0.2, 0) is 19.1 Å². The van der Waals surface area contributed by atoms with E-state index >= 15 is 0 Å². The summed E-state index contributed by atoms with van der Waals surface area (Å²) in [7, 11) is 3.60. The molecule has 64 heavy (non-hydrogen) atoms. The first-order valence-electron chi connectivity index (χ1n) is 25.5. The average Bonchev–Trinajstić information content (AvgIpc) is 3.73. The van der Waals surface area contributed by atoms with E-state index in [1.165, 1.54) is 29.4 Å². The van der Waals surface area contributed by atoms with Gasteiger partial charge in [-0.2, -0.15) is 0 Å². The van der Waals surface area contributed by atoms with Gasteiger partial charge in [-0.05, 0) is 189 Å². The van der Waals surface area contributed by atoms with Crippen molar-refractivity contribution in [1.82, 2.24) is 0 Å². The van der Waals surface area contributed by atoms with Crippen molar-refractivity contribution in [3.8, 4) is 11.8 Å². The van der Waals surface area contributed by atoms with Gasteiger partial charge in [-0.15, -0.1) is 5.92 Å². The SMILES string of the molecule is CC#C[C@@]1(O)[C@@H](C)CC2C3CCC4=CC(=O)CCC4=C3[C@H](c3ccc(N(C)CCO[C@H]4CC[C@@]5(C)[C@@H](C4)C[C@@H](O)[C@@H]4[C@@H]5C[C@H](O)[C@]5(C)[C@@H]([C@H](C)CCC(=O)OC)CC[C@@H]45)cc3)C[C@@]21C. The molecular formula is C56H79NO7. The van der Waals surface area contributed by atoms with Crippen LogP contribution in [0, 0.1) is 81.3 Å². The molecule has 1 aromatic carbocycles. The van der Waals surface area contributed by atoms with Crippen molar-refractivity contribution in [3.05, 3.63) is 52.6 Å². The summed E-state index contributed by atoms with van der Waals surface area (Å²) in [5, 5.41) is 36.4. The lowest BCUT2D eigenvalue weighted by molar-refractivity contribution is -0.209. The van der Waals surface area contributed by atoms with Crippen molar-refractivity contribution in [2.24, 2.45) is 69.5 Å². The molecule has 0 bridgehead atoms. The third-order valence-electron chi connectivity index (χ3n) is 20.7. The van der Waals surface area contributed by atoms with Crippen LogP contribution in [0.3, 0.4) is 0 Å². The Labute approximate surface area is 384 Å². The van der Waals surface area contributed by atoms with E-state index in [2.05, 4.69) is 82.7 Å². The molecule has 6 saturated carbocycles. The summed E-state index contributed by atoms with van der Waals surface area (Å²) in [6, 6.07) is 9.14. The number of benzene rings is 1. The van der Waals surface area contributed by atoms with Crippen LogP contribution in [0.4, 0.5) is 5.69 Å². The topological polar surface area (TPSA) is 117 Å². The van der Waals surface area contributed by atoms with Crippen molar-refractivity contribution < 1.29 is 34.4 Å². The van der Waals surface area contributed by atoms with Crippen LogP contribution in [0.15, 0.2) is 47.1 Å². The van der Waals surface area contributed by atoms with Gasteiger partial charge in [0.25, 0.3) is 0 Å². The summed E-state index contributed by atoms with van der Waals surface area (Å²) in [5.41, 5.74) is 5.16. The number of fused-ring (bicyclic) bond motifs is 9. The Balaban J connectivity index is 0.843.